The standard InChI is InChI=1S/C77H132N12O16S/c1-24-55-71(98)87(21)60(43-106-38-30-29-37-90)74(101)83(17)57(40-45(4)5)68(95)82-61(48(10)11)75(102)84(18)56(39-44(2)3)67(94)79-51(15)65(92)80-52(16)70(97)85(19)58(41-46(6)7)72(99)86(20)59(42-47(8)9)73(100)88(22)62(49(12)13)76(103)89(23)63(69(96)81-55)64(91)50(14)31-27-25-26-28-36-78-66(93)53-32-34-54(35-33-53)77(104)105/h32-35,44-52,55-64,90-91H,24-31,36-43H2,1-23H3,(H,78,93)(H,79,94)(H,80,92)(H,81,96)(H,82,95)(H,104,105)/t50-,51+,52-,55+,56+,57+,58+,59+,60-,61+,62+,63+,64-/m1/s1. The number of amides is 12. The second kappa shape index (κ2) is 45.4. The van der Waals surface area contributed by atoms with Crippen LogP contribution in [0, 0.1) is 41.4 Å². The van der Waals surface area contributed by atoms with Gasteiger partial charge in [-0.1, -0.05) is 116 Å². The zero-order chi connectivity index (χ0) is 81.1. The predicted octanol–water partition coefficient (Wildman–Crippen LogP) is 5.26. The van der Waals surface area contributed by atoms with Crippen LogP contribution in [0.1, 0.15) is 209 Å². The summed E-state index contributed by atoms with van der Waals surface area (Å²) in [4.78, 5) is 198. The van der Waals surface area contributed by atoms with Crippen molar-refractivity contribution in [3.63, 3.8) is 0 Å². The fraction of sp³-hybridized carbons (Fsp3) is 0.753. The summed E-state index contributed by atoms with van der Waals surface area (Å²) in [5.74, 6) is -11.5. The van der Waals surface area contributed by atoms with Gasteiger partial charge in [-0.15, -0.1) is 0 Å². The Bertz CT molecular complexity index is 3080. The predicted molar refractivity (Wildman–Crippen MR) is 410 cm³/mol. The zero-order valence-corrected chi connectivity index (χ0v) is 68.6. The molecule has 13 atom stereocenters. The van der Waals surface area contributed by atoms with Gasteiger partial charge in [-0.25, -0.2) is 4.79 Å². The molecule has 106 heavy (non-hydrogen) atoms. The van der Waals surface area contributed by atoms with Gasteiger partial charge < -0.3 is 76.2 Å². The maximum absolute atomic E-state index is 15.6. The van der Waals surface area contributed by atoms with Gasteiger partial charge in [-0.2, -0.15) is 11.8 Å². The molecule has 0 aliphatic carbocycles. The van der Waals surface area contributed by atoms with Crippen LogP contribution in [-0.2, 0) is 52.7 Å². The second-order valence-electron chi connectivity index (χ2n) is 31.3. The van der Waals surface area contributed by atoms with Crippen molar-refractivity contribution >= 4 is 88.6 Å². The van der Waals surface area contributed by atoms with Crippen molar-refractivity contribution in [3.8, 4) is 0 Å². The highest BCUT2D eigenvalue weighted by Gasteiger charge is 2.47. The number of hydrogen-bond donors (Lipinski definition) is 8. The Morgan fingerprint density at radius 3 is 1.39 bits per heavy atom. The third kappa shape index (κ3) is 28.0. The third-order valence-corrected chi connectivity index (χ3v) is 21.0. The summed E-state index contributed by atoms with van der Waals surface area (Å²) in [6.45, 7) is 28.2. The van der Waals surface area contributed by atoms with E-state index < -0.39 is 161 Å². The van der Waals surface area contributed by atoms with E-state index in [0.29, 0.717) is 62.8 Å². The van der Waals surface area contributed by atoms with Gasteiger partial charge in [0.15, 0.2) is 0 Å². The number of nitrogens with zero attached hydrogens (tertiary/aromatic N) is 7. The van der Waals surface area contributed by atoms with E-state index in [-0.39, 0.29) is 79.6 Å². The second-order valence-corrected chi connectivity index (χ2v) is 32.5. The zero-order valence-electron chi connectivity index (χ0n) is 67.8. The van der Waals surface area contributed by atoms with Crippen molar-refractivity contribution in [2.45, 2.75) is 260 Å². The van der Waals surface area contributed by atoms with Crippen molar-refractivity contribution in [1.29, 1.82) is 0 Å². The molecular weight excluding hydrogens is 1380 g/mol. The average Bonchev–Trinajstić information content (AvgIpc) is 0.777. The maximum atomic E-state index is 15.6. The molecule has 12 amide bonds. The first-order valence-corrected chi connectivity index (χ1v) is 39.1. The normalized spacial score (nSPS) is 24.4. The lowest BCUT2D eigenvalue weighted by Crippen LogP contribution is -2.64. The van der Waals surface area contributed by atoms with Crippen LogP contribution in [0.2, 0.25) is 0 Å². The molecule has 29 heteroatoms. The number of nitrogens with one attached hydrogen (secondary N) is 5. The number of benzene rings is 1. The summed E-state index contributed by atoms with van der Waals surface area (Å²) in [6, 6.07) is -8.72. The topological polar surface area (TPSA) is 365 Å². The van der Waals surface area contributed by atoms with Crippen LogP contribution in [0.25, 0.3) is 0 Å². The minimum atomic E-state index is -1.71. The Kier molecular flexibility index (Phi) is 40.6. The maximum Gasteiger partial charge on any atom is 0.335 e. The number of likely N-dealkylation sites (N-methyl/N-ethyl adjacent to an activating group) is 7. The summed E-state index contributed by atoms with van der Waals surface area (Å²) in [5, 5.41) is 45.6. The van der Waals surface area contributed by atoms with Crippen LogP contribution in [0.4, 0.5) is 0 Å². The Morgan fingerprint density at radius 1 is 0.462 bits per heavy atom. The van der Waals surface area contributed by atoms with E-state index in [2.05, 4.69) is 26.6 Å². The number of carboxylic acid groups (broad SMARTS) is 1. The lowest BCUT2D eigenvalue weighted by Gasteiger charge is -2.41. The van der Waals surface area contributed by atoms with Crippen molar-refractivity contribution in [2.75, 3.05) is 74.0 Å². The fourth-order valence-corrected chi connectivity index (χ4v) is 14.4. The number of thioether (sulfide) groups is 1. The van der Waals surface area contributed by atoms with Gasteiger partial charge in [0.25, 0.3) is 5.91 Å². The average molecular weight is 1510 g/mol. The fourth-order valence-electron chi connectivity index (χ4n) is 13.2. The first-order valence-electron chi connectivity index (χ1n) is 38.0. The minimum absolute atomic E-state index is 0.00153. The van der Waals surface area contributed by atoms with Crippen LogP contribution >= 0.6 is 11.8 Å². The quantitative estimate of drug-likeness (QED) is 0.0496. The SMILES string of the molecule is CC[C@@H]1NC(=O)[C@H]([C@H](O)[C@H](C)CCCCCCNC(=O)c2ccc(C(=O)O)cc2)N(C)C(=O)[C@H](C(C)C)N(C)C(=O)[C@H](CC(C)C)N(C)C(=O)[C@H](CC(C)C)N(C)C(=O)[C@@H](C)NC(=O)[C@H](C)NC(=O)[C@H](CC(C)C)N(C)C(=O)[C@H](C(C)C)NC(=O)[C@H](CC(C)C)N(C)C(=O)[C@@H](CSCCCCO)N(C)C1=O. The Balaban J connectivity index is 3.02. The smallest absolute Gasteiger partial charge is 0.335 e. The molecule has 602 valence electrons. The Labute approximate surface area is 635 Å². The van der Waals surface area contributed by atoms with E-state index in [1.165, 1.54) is 129 Å². The molecule has 0 bridgehead atoms. The van der Waals surface area contributed by atoms with Crippen LogP contribution in [-0.4, -0.2) is 273 Å². The number of carbonyl (C=O) groups excluding carboxylic acids is 12. The summed E-state index contributed by atoms with van der Waals surface area (Å²) in [6.07, 6.45) is 2.58. The molecule has 1 saturated heterocycles. The molecule has 0 radical (unpaired) electrons. The molecule has 1 aliphatic rings. The molecule has 0 spiro atoms. The first-order chi connectivity index (χ1) is 49.4. The monoisotopic (exact) mass is 1510 g/mol. The number of aliphatic hydroxyl groups is 2. The number of carbonyl (C=O) groups is 13. The van der Waals surface area contributed by atoms with Gasteiger partial charge in [0.2, 0.25) is 65.0 Å². The lowest BCUT2D eigenvalue weighted by molar-refractivity contribution is -0.157. The number of rotatable bonds is 28. The van der Waals surface area contributed by atoms with E-state index in [0.717, 1.165) is 4.90 Å². The van der Waals surface area contributed by atoms with Gasteiger partial charge in [0.05, 0.1) is 11.7 Å². The van der Waals surface area contributed by atoms with E-state index in [4.69, 9.17) is 0 Å². The number of aromatic carboxylic acids is 1. The van der Waals surface area contributed by atoms with Crippen molar-refractivity contribution < 1.29 is 77.6 Å². The highest BCUT2D eigenvalue weighted by Crippen LogP contribution is 2.27. The molecule has 1 aromatic carbocycles. The first kappa shape index (κ1) is 94.7. The Morgan fingerprint density at radius 2 is 0.896 bits per heavy atom. The molecule has 1 fully saturated rings. The van der Waals surface area contributed by atoms with Gasteiger partial charge in [-0.3, -0.25) is 57.5 Å². The molecule has 1 aliphatic heterocycles. The molecule has 0 aromatic heterocycles. The highest BCUT2D eigenvalue weighted by atomic mass is 32.2. The van der Waals surface area contributed by atoms with Crippen molar-refractivity contribution in [2.24, 2.45) is 41.4 Å². The molecule has 1 heterocycles. The van der Waals surface area contributed by atoms with Gasteiger partial charge >= 0.3 is 5.97 Å². The summed E-state index contributed by atoms with van der Waals surface area (Å²) < 4.78 is 0. The summed E-state index contributed by atoms with van der Waals surface area (Å²) >= 11 is 1.34. The molecule has 0 saturated carbocycles. The molecule has 2 rings (SSSR count). The molecular formula is C77H132N12O16S. The van der Waals surface area contributed by atoms with Gasteiger partial charge in [-0.05, 0) is 143 Å². The largest absolute Gasteiger partial charge is 0.478 e. The third-order valence-electron chi connectivity index (χ3n) is 19.9. The van der Waals surface area contributed by atoms with Crippen molar-refractivity contribution in [1.82, 2.24) is 60.9 Å². The number of aliphatic hydroxyl groups excluding tert-OH is 2. The van der Waals surface area contributed by atoms with E-state index >= 15 is 28.8 Å². The number of unbranched alkanes of at least 4 members (excludes halogenated alkanes) is 4. The van der Waals surface area contributed by atoms with E-state index in [1.54, 1.807) is 41.5 Å². The van der Waals surface area contributed by atoms with E-state index in [1.807, 2.05) is 55.4 Å². The lowest BCUT2D eigenvalue weighted by atomic mass is 9.90. The van der Waals surface area contributed by atoms with Gasteiger partial charge in [0.1, 0.15) is 66.5 Å². The number of carboxylic acids is 1. The molecule has 1 aromatic rings. The highest BCUT2D eigenvalue weighted by molar-refractivity contribution is 7.99. The van der Waals surface area contributed by atoms with Crippen LogP contribution in [0.5, 0.6) is 0 Å². The van der Waals surface area contributed by atoms with Crippen LogP contribution < -0.4 is 26.6 Å². The minimum Gasteiger partial charge on any atom is -0.478 e. The Hall–Kier alpha value is -7.40. The van der Waals surface area contributed by atoms with E-state index in [9.17, 15) is 48.9 Å². The molecule has 8 N–H and O–H groups in total. The van der Waals surface area contributed by atoms with Gasteiger partial charge in [0, 0.05) is 73.8 Å². The summed E-state index contributed by atoms with van der Waals surface area (Å²) in [7, 11) is 9.91. The van der Waals surface area contributed by atoms with Crippen LogP contribution in [0.15, 0.2) is 24.3 Å². The molecule has 0 unspecified atom stereocenters. The molecule has 28 nitrogen and oxygen atoms in total. The van der Waals surface area contributed by atoms with Crippen LogP contribution in [0.3, 0.4) is 0 Å². The summed E-state index contributed by atoms with van der Waals surface area (Å²) in [5.41, 5.74) is 0.350. The van der Waals surface area contributed by atoms with Crippen molar-refractivity contribution in [3.05, 3.63) is 35.4 Å². The number of hydrogen-bond acceptors (Lipinski definition) is 16.